The fourth-order valence-corrected chi connectivity index (χ4v) is 1.66. The molecule has 14 heavy (non-hydrogen) atoms. The summed E-state index contributed by atoms with van der Waals surface area (Å²) in [6.07, 6.45) is 1.66. The van der Waals surface area contributed by atoms with Crippen molar-refractivity contribution in [3.05, 3.63) is 28.6 Å². The van der Waals surface area contributed by atoms with E-state index in [2.05, 4.69) is 15.9 Å². The van der Waals surface area contributed by atoms with E-state index >= 15 is 0 Å². The highest BCUT2D eigenvalue weighted by Crippen LogP contribution is 2.35. The molecule has 0 saturated heterocycles. The first-order chi connectivity index (χ1) is 6.72. The van der Waals surface area contributed by atoms with E-state index in [1.807, 2.05) is 12.1 Å². The summed E-state index contributed by atoms with van der Waals surface area (Å²) in [5.74, 6) is 1.27. The second kappa shape index (κ2) is 5.22. The van der Waals surface area contributed by atoms with E-state index in [-0.39, 0.29) is 6.61 Å². The third kappa shape index (κ3) is 2.39. The monoisotopic (exact) mass is 259 g/mol. The van der Waals surface area contributed by atoms with Crippen LogP contribution in [0, 0.1) is 6.42 Å². The maximum absolute atomic E-state index is 8.83. The first-order valence-corrected chi connectivity index (χ1v) is 4.87. The van der Waals surface area contributed by atoms with Crippen LogP contribution in [-0.2, 0) is 0 Å². The summed E-state index contributed by atoms with van der Waals surface area (Å²) in [4.78, 5) is 0. The Hall–Kier alpha value is -0.740. The highest BCUT2D eigenvalue weighted by Gasteiger charge is 2.10. The molecule has 0 fully saturated rings. The molecule has 77 valence electrons. The molecule has 0 aromatic heterocycles. The van der Waals surface area contributed by atoms with Gasteiger partial charge in [-0.1, -0.05) is 15.9 Å². The van der Waals surface area contributed by atoms with Gasteiger partial charge in [-0.2, -0.15) is 0 Å². The Kier molecular flexibility index (Phi) is 4.22. The van der Waals surface area contributed by atoms with Crippen LogP contribution in [-0.4, -0.2) is 25.9 Å². The van der Waals surface area contributed by atoms with Crippen molar-refractivity contribution in [2.24, 2.45) is 0 Å². The first kappa shape index (κ1) is 11.3. The molecular weight excluding hydrogens is 248 g/mol. The quantitative estimate of drug-likeness (QED) is 0.900. The van der Waals surface area contributed by atoms with E-state index in [0.717, 1.165) is 10.0 Å². The minimum absolute atomic E-state index is 0.0318. The van der Waals surface area contributed by atoms with E-state index in [9.17, 15) is 0 Å². The molecule has 0 aliphatic rings. The molecule has 1 N–H and O–H groups in total. The lowest BCUT2D eigenvalue weighted by Crippen LogP contribution is -1.97. The van der Waals surface area contributed by atoms with E-state index in [1.165, 1.54) is 0 Å². The van der Waals surface area contributed by atoms with Crippen molar-refractivity contribution in [1.29, 1.82) is 0 Å². The van der Waals surface area contributed by atoms with Crippen molar-refractivity contribution in [2.45, 2.75) is 0 Å². The number of methoxy groups -OCH3 is 2. The fourth-order valence-electron chi connectivity index (χ4n) is 1.21. The standard InChI is InChI=1S/C10H12BrO3/c1-13-9-6-8(11)5-7(3-4-12)10(9)14-2/h3,5-6,12H,4H2,1-2H3. The SMILES string of the molecule is COc1cc(Br)cc([CH]CO)c1OC. The van der Waals surface area contributed by atoms with Crippen molar-refractivity contribution in [2.75, 3.05) is 20.8 Å². The van der Waals surface area contributed by atoms with Crippen molar-refractivity contribution >= 4 is 15.9 Å². The molecule has 0 bridgehead atoms. The summed E-state index contributed by atoms with van der Waals surface area (Å²) in [5, 5.41) is 8.83. The Morgan fingerprint density at radius 3 is 2.57 bits per heavy atom. The Balaban J connectivity index is 3.17. The molecule has 0 aliphatic heterocycles. The van der Waals surface area contributed by atoms with Gasteiger partial charge in [-0.15, -0.1) is 0 Å². The second-order valence-corrected chi connectivity index (χ2v) is 3.53. The minimum atomic E-state index is -0.0318. The average Bonchev–Trinajstić information content (AvgIpc) is 2.17. The van der Waals surface area contributed by atoms with E-state index in [1.54, 1.807) is 20.6 Å². The number of rotatable bonds is 4. The lowest BCUT2D eigenvalue weighted by atomic mass is 10.1. The van der Waals surface area contributed by atoms with Crippen LogP contribution in [0.5, 0.6) is 11.5 Å². The van der Waals surface area contributed by atoms with Gasteiger partial charge in [-0.3, -0.25) is 0 Å². The summed E-state index contributed by atoms with van der Waals surface area (Å²) in [5.41, 5.74) is 0.807. The Labute approximate surface area is 91.8 Å². The molecule has 0 saturated carbocycles. The average molecular weight is 260 g/mol. The highest BCUT2D eigenvalue weighted by molar-refractivity contribution is 9.10. The zero-order chi connectivity index (χ0) is 10.6. The number of aliphatic hydroxyl groups is 1. The van der Waals surface area contributed by atoms with Gasteiger partial charge in [-0.25, -0.2) is 0 Å². The molecule has 0 amide bonds. The van der Waals surface area contributed by atoms with Gasteiger partial charge in [0.15, 0.2) is 11.5 Å². The smallest absolute Gasteiger partial charge is 0.164 e. The van der Waals surface area contributed by atoms with Crippen LogP contribution < -0.4 is 9.47 Å². The molecule has 0 spiro atoms. The van der Waals surface area contributed by atoms with Crippen molar-refractivity contribution in [1.82, 2.24) is 0 Å². The van der Waals surface area contributed by atoms with Crippen LogP contribution in [0.1, 0.15) is 5.56 Å². The van der Waals surface area contributed by atoms with E-state index < -0.39 is 0 Å². The lowest BCUT2D eigenvalue weighted by Gasteiger charge is -2.12. The first-order valence-electron chi connectivity index (χ1n) is 4.08. The predicted molar refractivity (Wildman–Crippen MR) is 57.7 cm³/mol. The van der Waals surface area contributed by atoms with Gasteiger partial charge in [0.2, 0.25) is 0 Å². The molecule has 0 aliphatic carbocycles. The molecule has 4 heteroatoms. The number of benzene rings is 1. The summed E-state index contributed by atoms with van der Waals surface area (Å²) >= 11 is 3.35. The topological polar surface area (TPSA) is 38.7 Å². The van der Waals surface area contributed by atoms with Crippen LogP contribution in [0.3, 0.4) is 0 Å². The Morgan fingerprint density at radius 2 is 2.07 bits per heavy atom. The summed E-state index contributed by atoms with van der Waals surface area (Å²) in [6, 6.07) is 3.67. The number of ether oxygens (including phenoxy) is 2. The number of hydrogen-bond donors (Lipinski definition) is 1. The molecule has 1 aromatic rings. The summed E-state index contributed by atoms with van der Waals surface area (Å²) in [6.45, 7) is -0.0318. The van der Waals surface area contributed by atoms with Crippen molar-refractivity contribution in [3.8, 4) is 11.5 Å². The third-order valence-corrected chi connectivity index (χ3v) is 2.24. The van der Waals surface area contributed by atoms with Gasteiger partial charge in [0.1, 0.15) is 0 Å². The maximum atomic E-state index is 8.83. The van der Waals surface area contributed by atoms with Crippen LogP contribution in [0.25, 0.3) is 0 Å². The van der Waals surface area contributed by atoms with Crippen LogP contribution >= 0.6 is 15.9 Å². The van der Waals surface area contributed by atoms with Gasteiger partial charge in [-0.05, 0) is 12.1 Å². The molecule has 0 heterocycles. The number of aliphatic hydroxyl groups excluding tert-OH is 1. The van der Waals surface area contributed by atoms with Crippen LogP contribution in [0.4, 0.5) is 0 Å². The molecule has 0 atom stereocenters. The van der Waals surface area contributed by atoms with Crippen LogP contribution in [0.15, 0.2) is 16.6 Å². The fraction of sp³-hybridized carbons (Fsp3) is 0.300. The van der Waals surface area contributed by atoms with E-state index in [4.69, 9.17) is 14.6 Å². The molecule has 3 nitrogen and oxygen atoms in total. The molecule has 1 radical (unpaired) electrons. The zero-order valence-electron chi connectivity index (χ0n) is 8.08. The third-order valence-electron chi connectivity index (χ3n) is 1.78. The largest absolute Gasteiger partial charge is 0.493 e. The van der Waals surface area contributed by atoms with Crippen molar-refractivity contribution in [3.63, 3.8) is 0 Å². The molecule has 1 rings (SSSR count). The van der Waals surface area contributed by atoms with Crippen LogP contribution in [0.2, 0.25) is 0 Å². The van der Waals surface area contributed by atoms with E-state index in [0.29, 0.717) is 11.5 Å². The zero-order valence-corrected chi connectivity index (χ0v) is 9.67. The van der Waals surface area contributed by atoms with Crippen molar-refractivity contribution < 1.29 is 14.6 Å². The lowest BCUT2D eigenvalue weighted by molar-refractivity contribution is 0.326. The number of hydrogen-bond acceptors (Lipinski definition) is 3. The van der Waals surface area contributed by atoms with Gasteiger partial charge in [0.05, 0.1) is 20.8 Å². The van der Waals surface area contributed by atoms with Gasteiger partial charge in [0, 0.05) is 16.5 Å². The molecule has 1 aromatic carbocycles. The summed E-state index contributed by atoms with van der Waals surface area (Å²) in [7, 11) is 3.15. The van der Waals surface area contributed by atoms with Gasteiger partial charge < -0.3 is 14.6 Å². The number of halogens is 1. The minimum Gasteiger partial charge on any atom is -0.493 e. The second-order valence-electron chi connectivity index (χ2n) is 2.62. The normalized spacial score (nSPS) is 10.0. The Morgan fingerprint density at radius 1 is 1.36 bits per heavy atom. The highest BCUT2D eigenvalue weighted by atomic mass is 79.9. The Bertz CT molecular complexity index is 312. The predicted octanol–water partition coefficient (Wildman–Crippen LogP) is 2.01. The maximum Gasteiger partial charge on any atom is 0.164 e. The molecular formula is C10H12BrO3. The molecule has 0 unspecified atom stereocenters. The summed E-state index contributed by atoms with van der Waals surface area (Å²) < 4.78 is 11.2. The van der Waals surface area contributed by atoms with Gasteiger partial charge in [0.25, 0.3) is 0 Å². The van der Waals surface area contributed by atoms with Gasteiger partial charge >= 0.3 is 0 Å².